The summed E-state index contributed by atoms with van der Waals surface area (Å²) in [6.07, 6.45) is 4.95. The van der Waals surface area contributed by atoms with Crippen molar-refractivity contribution in [3.63, 3.8) is 0 Å². The molecule has 118 valence electrons. The van der Waals surface area contributed by atoms with Crippen molar-refractivity contribution in [2.75, 3.05) is 6.61 Å². The maximum absolute atomic E-state index is 5.94. The lowest BCUT2D eigenvalue weighted by atomic mass is 10.1. The Labute approximate surface area is 140 Å². The van der Waals surface area contributed by atoms with Crippen LogP contribution in [0.3, 0.4) is 0 Å². The van der Waals surface area contributed by atoms with Crippen LogP contribution in [-0.2, 0) is 17.8 Å². The molecule has 0 unspecified atom stereocenters. The summed E-state index contributed by atoms with van der Waals surface area (Å²) in [5.74, 6) is 1.03. The zero-order chi connectivity index (χ0) is 15.5. The first-order chi connectivity index (χ1) is 10.7. The van der Waals surface area contributed by atoms with Gasteiger partial charge in [0.1, 0.15) is 11.9 Å². The second-order valence-electron chi connectivity index (χ2n) is 5.71. The molecule has 1 N–H and O–H groups in total. The average molecular weight is 364 g/mol. The van der Waals surface area contributed by atoms with E-state index in [4.69, 9.17) is 4.74 Å². The van der Waals surface area contributed by atoms with Crippen LogP contribution < -0.4 is 5.32 Å². The van der Waals surface area contributed by atoms with Gasteiger partial charge in [-0.1, -0.05) is 22.0 Å². The van der Waals surface area contributed by atoms with Gasteiger partial charge in [0.15, 0.2) is 0 Å². The third kappa shape index (κ3) is 3.26. The van der Waals surface area contributed by atoms with Crippen molar-refractivity contribution < 1.29 is 4.74 Å². The van der Waals surface area contributed by atoms with E-state index in [1.54, 1.807) is 0 Å². The van der Waals surface area contributed by atoms with Crippen LogP contribution in [-0.4, -0.2) is 22.2 Å². The lowest BCUT2D eigenvalue weighted by Crippen LogP contribution is -2.32. The average Bonchev–Trinajstić information content (AvgIpc) is 3.14. The minimum absolute atomic E-state index is 0.0469. The normalized spacial score (nSPS) is 21.4. The van der Waals surface area contributed by atoms with Gasteiger partial charge in [0.2, 0.25) is 0 Å². The summed E-state index contributed by atoms with van der Waals surface area (Å²) in [4.78, 5) is 4.50. The highest BCUT2D eigenvalue weighted by molar-refractivity contribution is 9.10. The first-order valence-corrected chi connectivity index (χ1v) is 8.59. The predicted octanol–water partition coefficient (Wildman–Crippen LogP) is 3.59. The smallest absolute Gasteiger partial charge is 0.139 e. The van der Waals surface area contributed by atoms with E-state index in [1.165, 1.54) is 11.1 Å². The van der Waals surface area contributed by atoms with E-state index in [-0.39, 0.29) is 6.10 Å². The van der Waals surface area contributed by atoms with E-state index in [2.05, 4.69) is 62.8 Å². The molecule has 1 aromatic carbocycles. The molecule has 1 aromatic heterocycles. The Hall–Kier alpha value is -1.17. The highest BCUT2D eigenvalue weighted by Crippen LogP contribution is 2.28. The maximum atomic E-state index is 5.94. The zero-order valence-electron chi connectivity index (χ0n) is 13.1. The number of hydrogen-bond donors (Lipinski definition) is 1. The standard InChI is InChI=1S/C17H22BrN3O/c1-3-21-8-7-19-17(21)16-15(6-9-22-16)20-11-13-4-5-14(18)10-12(13)2/h4-5,7-8,10,15-16,20H,3,6,9,11H2,1-2H3/t15-,16-/m0/s1. The van der Waals surface area contributed by atoms with E-state index < -0.39 is 0 Å². The quantitative estimate of drug-likeness (QED) is 0.881. The van der Waals surface area contributed by atoms with Gasteiger partial charge in [0.05, 0.1) is 0 Å². The van der Waals surface area contributed by atoms with Gasteiger partial charge in [-0.25, -0.2) is 4.98 Å². The number of benzene rings is 1. The largest absolute Gasteiger partial charge is 0.369 e. The first-order valence-electron chi connectivity index (χ1n) is 7.80. The first kappa shape index (κ1) is 15.7. The van der Waals surface area contributed by atoms with E-state index >= 15 is 0 Å². The zero-order valence-corrected chi connectivity index (χ0v) is 14.6. The molecule has 0 amide bonds. The van der Waals surface area contributed by atoms with Crippen molar-refractivity contribution in [3.05, 3.63) is 52.0 Å². The molecule has 2 aromatic rings. The molecule has 1 fully saturated rings. The minimum atomic E-state index is 0.0469. The van der Waals surface area contributed by atoms with Crippen LogP contribution in [0.4, 0.5) is 0 Å². The number of nitrogens with one attached hydrogen (secondary N) is 1. The van der Waals surface area contributed by atoms with Crippen LogP contribution in [0, 0.1) is 6.92 Å². The molecule has 22 heavy (non-hydrogen) atoms. The second kappa shape index (κ2) is 6.94. The lowest BCUT2D eigenvalue weighted by Gasteiger charge is -2.21. The molecule has 4 nitrogen and oxygen atoms in total. The number of ether oxygens (including phenoxy) is 1. The fourth-order valence-corrected chi connectivity index (χ4v) is 3.47. The predicted molar refractivity (Wildman–Crippen MR) is 90.7 cm³/mol. The number of imidazole rings is 1. The Bertz CT molecular complexity index is 641. The summed E-state index contributed by atoms with van der Waals surface area (Å²) in [5, 5.41) is 3.65. The van der Waals surface area contributed by atoms with Crippen molar-refractivity contribution in [1.82, 2.24) is 14.9 Å². The third-order valence-electron chi connectivity index (χ3n) is 4.29. The monoisotopic (exact) mass is 363 g/mol. The summed E-state index contributed by atoms with van der Waals surface area (Å²) in [6, 6.07) is 6.74. The van der Waals surface area contributed by atoms with Crippen molar-refractivity contribution in [2.45, 2.75) is 45.5 Å². The molecule has 2 heterocycles. The number of aromatic nitrogens is 2. The molecular formula is C17H22BrN3O. The Morgan fingerprint density at radius 3 is 3.09 bits per heavy atom. The molecule has 0 bridgehead atoms. The van der Waals surface area contributed by atoms with Gasteiger partial charge in [-0.05, 0) is 43.5 Å². The van der Waals surface area contributed by atoms with Crippen LogP contribution >= 0.6 is 15.9 Å². The number of rotatable bonds is 5. The van der Waals surface area contributed by atoms with Gasteiger partial charge in [-0.2, -0.15) is 0 Å². The van der Waals surface area contributed by atoms with Crippen molar-refractivity contribution in [1.29, 1.82) is 0 Å². The summed E-state index contributed by atoms with van der Waals surface area (Å²) in [5.41, 5.74) is 2.63. The van der Waals surface area contributed by atoms with Gasteiger partial charge in [-0.15, -0.1) is 0 Å². The van der Waals surface area contributed by atoms with Crippen molar-refractivity contribution in [3.8, 4) is 0 Å². The maximum Gasteiger partial charge on any atom is 0.139 e. The highest BCUT2D eigenvalue weighted by Gasteiger charge is 2.32. The Balaban J connectivity index is 1.69. The van der Waals surface area contributed by atoms with Crippen LogP contribution in [0.15, 0.2) is 35.1 Å². The summed E-state index contributed by atoms with van der Waals surface area (Å²) >= 11 is 3.51. The fourth-order valence-electron chi connectivity index (χ4n) is 3.00. The lowest BCUT2D eigenvalue weighted by molar-refractivity contribution is 0.0886. The van der Waals surface area contributed by atoms with Gasteiger partial charge >= 0.3 is 0 Å². The Morgan fingerprint density at radius 1 is 1.45 bits per heavy atom. The molecule has 0 spiro atoms. The molecule has 1 aliphatic rings. The molecule has 3 rings (SSSR count). The van der Waals surface area contributed by atoms with Gasteiger partial charge < -0.3 is 14.6 Å². The van der Waals surface area contributed by atoms with Crippen LogP contribution in [0.1, 0.15) is 36.4 Å². The summed E-state index contributed by atoms with van der Waals surface area (Å²) in [6.45, 7) is 6.85. The SMILES string of the molecule is CCn1ccnc1[C@H]1OCC[C@@H]1NCc1ccc(Br)cc1C. The molecule has 1 saturated heterocycles. The molecule has 0 radical (unpaired) electrons. The Kier molecular flexibility index (Phi) is 4.96. The number of hydrogen-bond acceptors (Lipinski definition) is 3. The molecule has 0 aliphatic carbocycles. The number of aryl methyl sites for hydroxylation is 2. The molecule has 1 aliphatic heterocycles. The topological polar surface area (TPSA) is 39.1 Å². The van der Waals surface area contributed by atoms with Crippen molar-refractivity contribution >= 4 is 15.9 Å². The molecule has 5 heteroatoms. The van der Waals surface area contributed by atoms with Gasteiger partial charge in [0, 0.05) is 42.6 Å². The summed E-state index contributed by atoms with van der Waals surface area (Å²) in [7, 11) is 0. The minimum Gasteiger partial charge on any atom is -0.369 e. The molecular weight excluding hydrogens is 342 g/mol. The molecule has 0 saturated carbocycles. The van der Waals surface area contributed by atoms with E-state index in [0.717, 1.165) is 36.4 Å². The Morgan fingerprint density at radius 2 is 2.32 bits per heavy atom. The number of halogens is 1. The van der Waals surface area contributed by atoms with Gasteiger partial charge in [-0.3, -0.25) is 0 Å². The van der Waals surface area contributed by atoms with Crippen LogP contribution in [0.5, 0.6) is 0 Å². The van der Waals surface area contributed by atoms with Crippen LogP contribution in [0.25, 0.3) is 0 Å². The molecule has 2 atom stereocenters. The van der Waals surface area contributed by atoms with E-state index in [0.29, 0.717) is 6.04 Å². The second-order valence-corrected chi connectivity index (χ2v) is 6.63. The van der Waals surface area contributed by atoms with E-state index in [1.807, 2.05) is 12.4 Å². The van der Waals surface area contributed by atoms with Crippen LogP contribution in [0.2, 0.25) is 0 Å². The third-order valence-corrected chi connectivity index (χ3v) is 4.79. The summed E-state index contributed by atoms with van der Waals surface area (Å²) < 4.78 is 9.22. The number of nitrogens with zero attached hydrogens (tertiary/aromatic N) is 2. The highest BCUT2D eigenvalue weighted by atomic mass is 79.9. The van der Waals surface area contributed by atoms with Gasteiger partial charge in [0.25, 0.3) is 0 Å². The van der Waals surface area contributed by atoms with Crippen molar-refractivity contribution in [2.24, 2.45) is 0 Å². The van der Waals surface area contributed by atoms with E-state index in [9.17, 15) is 0 Å². The fraction of sp³-hybridized carbons (Fsp3) is 0.471.